The number of carbonyl (C=O) groups is 3. The predicted octanol–water partition coefficient (Wildman–Crippen LogP) is 3.62. The van der Waals surface area contributed by atoms with Gasteiger partial charge < -0.3 is 10.1 Å². The number of anilines is 1. The third-order valence-corrected chi connectivity index (χ3v) is 3.43. The van der Waals surface area contributed by atoms with E-state index in [0.717, 1.165) is 0 Å². The van der Waals surface area contributed by atoms with Crippen LogP contribution in [0, 0.1) is 11.6 Å². The minimum atomic E-state index is -1.26. The van der Waals surface area contributed by atoms with Crippen molar-refractivity contribution in [3.05, 3.63) is 64.2 Å². The largest absolute Gasteiger partial charge is 0.452 e. The fourth-order valence-corrected chi connectivity index (χ4v) is 2.13. The number of carbonyl (C=O) groups excluding carboxylic acids is 3. The van der Waals surface area contributed by atoms with Gasteiger partial charge in [-0.15, -0.1) is 0 Å². The monoisotopic (exact) mass is 367 g/mol. The molecule has 0 aliphatic carbocycles. The van der Waals surface area contributed by atoms with Gasteiger partial charge in [0.1, 0.15) is 0 Å². The fraction of sp³-hybridized carbons (Fsp3) is 0.118. The molecular formula is C17H12ClF2NO4. The lowest BCUT2D eigenvalue weighted by atomic mass is 10.1. The molecule has 0 bridgehead atoms. The average Bonchev–Trinajstić information content (AvgIpc) is 2.56. The summed E-state index contributed by atoms with van der Waals surface area (Å²) >= 11 is 5.65. The molecule has 2 aromatic rings. The number of halogens is 3. The molecule has 1 N–H and O–H groups in total. The van der Waals surface area contributed by atoms with E-state index in [9.17, 15) is 23.2 Å². The van der Waals surface area contributed by atoms with Crippen LogP contribution in [0.25, 0.3) is 0 Å². The smallest absolute Gasteiger partial charge is 0.340 e. The molecule has 0 aliphatic rings. The van der Waals surface area contributed by atoms with E-state index in [2.05, 4.69) is 5.32 Å². The summed E-state index contributed by atoms with van der Waals surface area (Å²) < 4.78 is 30.9. The molecule has 1 amide bonds. The number of ketones is 1. The summed E-state index contributed by atoms with van der Waals surface area (Å²) in [6.07, 6.45) is 0. The van der Waals surface area contributed by atoms with Crippen LogP contribution >= 0.6 is 11.6 Å². The Morgan fingerprint density at radius 1 is 1.12 bits per heavy atom. The van der Waals surface area contributed by atoms with Crippen LogP contribution < -0.4 is 5.32 Å². The zero-order valence-electron chi connectivity index (χ0n) is 12.9. The Labute approximate surface area is 146 Å². The lowest BCUT2D eigenvalue weighted by Gasteiger charge is -2.08. The summed E-state index contributed by atoms with van der Waals surface area (Å²) in [7, 11) is 0. The minimum Gasteiger partial charge on any atom is -0.452 e. The molecule has 0 aromatic heterocycles. The Morgan fingerprint density at radius 3 is 2.48 bits per heavy atom. The highest BCUT2D eigenvalue weighted by molar-refractivity contribution is 6.33. The number of rotatable bonds is 5. The van der Waals surface area contributed by atoms with Gasteiger partial charge in [-0.25, -0.2) is 13.6 Å². The van der Waals surface area contributed by atoms with E-state index >= 15 is 0 Å². The molecule has 0 aliphatic heterocycles. The number of esters is 1. The van der Waals surface area contributed by atoms with Gasteiger partial charge in [0, 0.05) is 11.3 Å². The zero-order chi connectivity index (χ0) is 18.6. The number of nitrogens with one attached hydrogen (secondary N) is 1. The van der Waals surface area contributed by atoms with Crippen LogP contribution in [0.4, 0.5) is 14.5 Å². The molecule has 0 unspecified atom stereocenters. The minimum absolute atomic E-state index is 0.171. The second-order valence-electron chi connectivity index (χ2n) is 5.01. The molecule has 0 heterocycles. The van der Waals surface area contributed by atoms with Crippen LogP contribution in [0.2, 0.25) is 5.02 Å². The van der Waals surface area contributed by atoms with Gasteiger partial charge in [-0.2, -0.15) is 0 Å². The van der Waals surface area contributed by atoms with Gasteiger partial charge in [-0.05, 0) is 31.2 Å². The van der Waals surface area contributed by atoms with Gasteiger partial charge in [0.25, 0.3) is 5.91 Å². The van der Waals surface area contributed by atoms with Crippen molar-refractivity contribution in [1.29, 1.82) is 0 Å². The van der Waals surface area contributed by atoms with Crippen LogP contribution in [0.3, 0.4) is 0 Å². The zero-order valence-corrected chi connectivity index (χ0v) is 13.7. The van der Waals surface area contributed by atoms with E-state index in [4.69, 9.17) is 16.3 Å². The molecule has 0 spiro atoms. The molecule has 0 atom stereocenters. The number of Topliss-reactive ketones (excluding diaryl/α,β-unsaturated/α-hetero) is 1. The van der Waals surface area contributed by atoms with Crippen molar-refractivity contribution in [2.75, 3.05) is 11.9 Å². The highest BCUT2D eigenvalue weighted by atomic mass is 35.5. The Morgan fingerprint density at radius 2 is 1.80 bits per heavy atom. The highest BCUT2D eigenvalue weighted by Crippen LogP contribution is 2.21. The van der Waals surface area contributed by atoms with Gasteiger partial charge in [-0.3, -0.25) is 9.59 Å². The van der Waals surface area contributed by atoms with Crippen molar-refractivity contribution in [2.45, 2.75) is 6.92 Å². The molecule has 130 valence electrons. The number of ether oxygens (including phenoxy) is 1. The van der Waals surface area contributed by atoms with E-state index < -0.39 is 35.7 Å². The maximum absolute atomic E-state index is 13.2. The Bertz CT molecular complexity index is 855. The van der Waals surface area contributed by atoms with Crippen molar-refractivity contribution in [2.24, 2.45) is 0 Å². The third-order valence-electron chi connectivity index (χ3n) is 3.12. The molecule has 2 aromatic carbocycles. The summed E-state index contributed by atoms with van der Waals surface area (Å²) in [6.45, 7) is 0.715. The maximum Gasteiger partial charge on any atom is 0.340 e. The number of hydrogen-bond acceptors (Lipinski definition) is 4. The number of hydrogen-bond donors (Lipinski definition) is 1. The molecule has 8 heteroatoms. The van der Waals surface area contributed by atoms with E-state index in [-0.39, 0.29) is 10.8 Å². The summed E-state index contributed by atoms with van der Waals surface area (Å²) in [5, 5.41) is 2.11. The van der Waals surface area contributed by atoms with Crippen LogP contribution in [-0.4, -0.2) is 24.3 Å². The van der Waals surface area contributed by atoms with Gasteiger partial charge in [-0.1, -0.05) is 23.7 Å². The van der Waals surface area contributed by atoms with Crippen molar-refractivity contribution < 1.29 is 27.9 Å². The van der Waals surface area contributed by atoms with Crippen molar-refractivity contribution >= 4 is 34.9 Å². The molecule has 0 saturated carbocycles. The second kappa shape index (κ2) is 7.85. The Kier molecular flexibility index (Phi) is 5.82. The second-order valence-corrected chi connectivity index (χ2v) is 5.41. The third kappa shape index (κ3) is 4.84. The highest BCUT2D eigenvalue weighted by Gasteiger charge is 2.17. The maximum atomic E-state index is 13.2. The van der Waals surface area contributed by atoms with Gasteiger partial charge in [0.05, 0.1) is 10.6 Å². The first-order valence-electron chi connectivity index (χ1n) is 7.00. The van der Waals surface area contributed by atoms with Crippen molar-refractivity contribution in [3.63, 3.8) is 0 Å². The van der Waals surface area contributed by atoms with Gasteiger partial charge >= 0.3 is 5.97 Å². The fourth-order valence-electron chi connectivity index (χ4n) is 1.90. The quantitative estimate of drug-likeness (QED) is 0.497. The summed E-state index contributed by atoms with van der Waals surface area (Å²) in [4.78, 5) is 34.9. The summed E-state index contributed by atoms with van der Waals surface area (Å²) in [6, 6.07) is 7.42. The molecule has 0 radical (unpaired) electrons. The molecule has 2 rings (SSSR count). The topological polar surface area (TPSA) is 72.5 Å². The normalized spacial score (nSPS) is 10.2. The van der Waals surface area contributed by atoms with Crippen LogP contribution in [-0.2, 0) is 9.53 Å². The molecule has 5 nitrogen and oxygen atoms in total. The van der Waals surface area contributed by atoms with Gasteiger partial charge in [0.15, 0.2) is 24.0 Å². The Hall–Kier alpha value is -2.80. The number of benzene rings is 2. The van der Waals surface area contributed by atoms with Crippen LogP contribution in [0.5, 0.6) is 0 Å². The summed E-state index contributed by atoms with van der Waals surface area (Å²) in [5.74, 6) is -4.38. The molecular weight excluding hydrogens is 356 g/mol. The molecule has 25 heavy (non-hydrogen) atoms. The predicted molar refractivity (Wildman–Crippen MR) is 86.7 cm³/mol. The lowest BCUT2D eigenvalue weighted by Crippen LogP contribution is -2.21. The van der Waals surface area contributed by atoms with Crippen molar-refractivity contribution in [3.8, 4) is 0 Å². The molecule has 0 saturated heterocycles. The standard InChI is InChI=1S/C17H12ClF2NO4/c1-9(22)10-3-2-4-11(5-10)21-16(23)8-25-17(24)12-6-14(19)15(20)7-13(12)18/h2-7H,8H2,1H3,(H,21,23). The van der Waals surface area contributed by atoms with Gasteiger partial charge in [0.2, 0.25) is 0 Å². The van der Waals surface area contributed by atoms with E-state index in [1.165, 1.54) is 13.0 Å². The van der Waals surface area contributed by atoms with E-state index in [1.807, 2.05) is 0 Å². The SMILES string of the molecule is CC(=O)c1cccc(NC(=O)COC(=O)c2cc(F)c(F)cc2Cl)c1. The average molecular weight is 368 g/mol. The first kappa shape index (κ1) is 18.5. The number of amides is 1. The van der Waals surface area contributed by atoms with Crippen molar-refractivity contribution in [1.82, 2.24) is 0 Å². The first-order valence-corrected chi connectivity index (χ1v) is 7.38. The lowest BCUT2D eigenvalue weighted by molar-refractivity contribution is -0.119. The van der Waals surface area contributed by atoms with E-state index in [1.54, 1.807) is 18.2 Å². The van der Waals surface area contributed by atoms with E-state index in [0.29, 0.717) is 23.4 Å². The first-order chi connectivity index (χ1) is 11.8. The molecule has 0 fully saturated rings. The van der Waals surface area contributed by atoms with Crippen LogP contribution in [0.15, 0.2) is 36.4 Å². The Balaban J connectivity index is 1.98. The van der Waals surface area contributed by atoms with Crippen LogP contribution in [0.1, 0.15) is 27.6 Å². The summed E-state index contributed by atoms with van der Waals surface area (Å²) in [5.41, 5.74) is 0.356.